The van der Waals surface area contributed by atoms with E-state index in [4.69, 9.17) is 0 Å². The fourth-order valence-electron chi connectivity index (χ4n) is 1.72. The molecule has 2 rings (SSSR count). The van der Waals surface area contributed by atoms with Crippen LogP contribution in [0.2, 0.25) is 0 Å². The first-order valence-electron chi connectivity index (χ1n) is 5.62. The molecule has 0 aliphatic rings. The van der Waals surface area contributed by atoms with Gasteiger partial charge in [0.05, 0.1) is 5.75 Å². The molecule has 94 valence electrons. The summed E-state index contributed by atoms with van der Waals surface area (Å²) in [5, 5.41) is 0. The molecule has 2 aromatic rings. The lowest BCUT2D eigenvalue weighted by Gasteiger charge is -2.06. The number of halogens is 1. The fraction of sp³-hybridized carbons (Fsp3) is 0.143. The van der Waals surface area contributed by atoms with Crippen LogP contribution in [0.3, 0.4) is 0 Å². The van der Waals surface area contributed by atoms with Crippen LogP contribution in [0.1, 0.15) is 6.92 Å². The molecule has 0 radical (unpaired) electrons. The SMILES string of the molecule is CCS(=O)(=O)c1ccc(-c2ccccc2)cc1F. The summed E-state index contributed by atoms with van der Waals surface area (Å²) in [7, 11) is -3.50. The summed E-state index contributed by atoms with van der Waals surface area (Å²) in [5.41, 5.74) is 1.53. The van der Waals surface area contributed by atoms with E-state index in [-0.39, 0.29) is 10.6 Å². The number of sulfone groups is 1. The maximum atomic E-state index is 13.8. The molecule has 2 nitrogen and oxygen atoms in total. The van der Waals surface area contributed by atoms with Crippen molar-refractivity contribution in [3.63, 3.8) is 0 Å². The van der Waals surface area contributed by atoms with Gasteiger partial charge in [-0.2, -0.15) is 0 Å². The summed E-state index contributed by atoms with van der Waals surface area (Å²) < 4.78 is 37.1. The van der Waals surface area contributed by atoms with Gasteiger partial charge in [0.15, 0.2) is 9.84 Å². The molecule has 0 N–H and O–H groups in total. The van der Waals surface area contributed by atoms with Gasteiger partial charge in [0.2, 0.25) is 0 Å². The van der Waals surface area contributed by atoms with E-state index >= 15 is 0 Å². The molecule has 18 heavy (non-hydrogen) atoms. The lowest BCUT2D eigenvalue weighted by Crippen LogP contribution is -2.06. The van der Waals surface area contributed by atoms with E-state index < -0.39 is 15.7 Å². The third-order valence-electron chi connectivity index (χ3n) is 2.75. The molecule has 0 amide bonds. The molecule has 0 aliphatic carbocycles. The second kappa shape index (κ2) is 4.90. The lowest BCUT2D eigenvalue weighted by molar-refractivity contribution is 0.568. The van der Waals surface area contributed by atoms with Crippen LogP contribution in [-0.4, -0.2) is 14.2 Å². The van der Waals surface area contributed by atoms with E-state index in [1.165, 1.54) is 19.1 Å². The maximum absolute atomic E-state index is 13.8. The molecule has 0 unspecified atom stereocenters. The van der Waals surface area contributed by atoms with Crippen LogP contribution in [0, 0.1) is 5.82 Å². The van der Waals surface area contributed by atoms with Gasteiger partial charge in [-0.05, 0) is 23.3 Å². The van der Waals surface area contributed by atoms with Crippen molar-refractivity contribution in [1.82, 2.24) is 0 Å². The first-order chi connectivity index (χ1) is 8.54. The Morgan fingerprint density at radius 3 is 2.22 bits per heavy atom. The minimum atomic E-state index is -3.50. The van der Waals surface area contributed by atoms with Gasteiger partial charge < -0.3 is 0 Å². The van der Waals surface area contributed by atoms with Gasteiger partial charge in [-0.3, -0.25) is 0 Å². The van der Waals surface area contributed by atoms with E-state index in [9.17, 15) is 12.8 Å². The standard InChI is InChI=1S/C14H13FO2S/c1-2-18(16,17)14-9-8-12(10-13(14)15)11-6-4-3-5-7-11/h3-10H,2H2,1H3. The maximum Gasteiger partial charge on any atom is 0.180 e. The van der Waals surface area contributed by atoms with Gasteiger partial charge >= 0.3 is 0 Å². The first-order valence-corrected chi connectivity index (χ1v) is 7.27. The Balaban J connectivity index is 2.50. The van der Waals surface area contributed by atoms with E-state index in [2.05, 4.69) is 0 Å². The van der Waals surface area contributed by atoms with E-state index in [0.29, 0.717) is 5.56 Å². The van der Waals surface area contributed by atoms with Crippen molar-refractivity contribution >= 4 is 9.84 Å². The van der Waals surface area contributed by atoms with Gasteiger partial charge in [0.25, 0.3) is 0 Å². The van der Waals surface area contributed by atoms with Crippen molar-refractivity contribution in [2.75, 3.05) is 5.75 Å². The highest BCUT2D eigenvalue weighted by atomic mass is 32.2. The Morgan fingerprint density at radius 1 is 1.00 bits per heavy atom. The third-order valence-corrected chi connectivity index (χ3v) is 4.52. The van der Waals surface area contributed by atoms with Gasteiger partial charge in [-0.15, -0.1) is 0 Å². The van der Waals surface area contributed by atoms with Crippen molar-refractivity contribution in [2.24, 2.45) is 0 Å². The Bertz CT molecular complexity index is 649. The number of hydrogen-bond donors (Lipinski definition) is 0. The molecule has 0 bridgehead atoms. The molecular formula is C14H13FO2S. The lowest BCUT2D eigenvalue weighted by atomic mass is 10.1. The summed E-state index contributed by atoms with van der Waals surface area (Å²) >= 11 is 0. The smallest absolute Gasteiger partial charge is 0.180 e. The highest BCUT2D eigenvalue weighted by molar-refractivity contribution is 7.91. The zero-order chi connectivity index (χ0) is 13.2. The summed E-state index contributed by atoms with van der Waals surface area (Å²) in [6.45, 7) is 1.50. The van der Waals surface area contributed by atoms with Crippen molar-refractivity contribution in [3.05, 3.63) is 54.3 Å². The number of hydrogen-bond acceptors (Lipinski definition) is 2. The molecule has 2 aromatic carbocycles. The van der Waals surface area contributed by atoms with Crippen LogP contribution >= 0.6 is 0 Å². The predicted octanol–water partition coefficient (Wildman–Crippen LogP) is 3.29. The highest BCUT2D eigenvalue weighted by Crippen LogP contribution is 2.24. The number of rotatable bonds is 3. The first kappa shape index (κ1) is 12.8. The van der Waals surface area contributed by atoms with Crippen LogP contribution in [-0.2, 0) is 9.84 Å². The molecule has 4 heteroatoms. The highest BCUT2D eigenvalue weighted by Gasteiger charge is 2.17. The van der Waals surface area contributed by atoms with Crippen LogP contribution < -0.4 is 0 Å². The topological polar surface area (TPSA) is 34.1 Å². The van der Waals surface area contributed by atoms with Gasteiger partial charge in [-0.1, -0.05) is 43.3 Å². The van der Waals surface area contributed by atoms with Crippen LogP contribution in [0.25, 0.3) is 11.1 Å². The second-order valence-electron chi connectivity index (χ2n) is 3.91. The summed E-state index contributed by atoms with van der Waals surface area (Å²) in [5.74, 6) is -0.799. The Hall–Kier alpha value is -1.68. The van der Waals surface area contributed by atoms with Crippen LogP contribution in [0.15, 0.2) is 53.4 Å². The Labute approximate surface area is 106 Å². The zero-order valence-corrected chi connectivity index (χ0v) is 10.7. The molecule has 0 atom stereocenters. The minimum Gasteiger partial charge on any atom is -0.224 e. The Kier molecular flexibility index (Phi) is 3.48. The van der Waals surface area contributed by atoms with Gasteiger partial charge in [0, 0.05) is 0 Å². The third kappa shape index (κ3) is 2.43. The summed E-state index contributed by atoms with van der Waals surface area (Å²) in [4.78, 5) is -0.232. The van der Waals surface area contributed by atoms with E-state index in [0.717, 1.165) is 5.56 Å². The minimum absolute atomic E-state index is 0.103. The molecule has 0 fully saturated rings. The molecule has 0 heterocycles. The van der Waals surface area contributed by atoms with Crippen molar-refractivity contribution in [2.45, 2.75) is 11.8 Å². The monoisotopic (exact) mass is 264 g/mol. The average Bonchev–Trinajstić information content (AvgIpc) is 2.39. The second-order valence-corrected chi connectivity index (χ2v) is 6.16. The van der Waals surface area contributed by atoms with Crippen molar-refractivity contribution in [1.29, 1.82) is 0 Å². The quantitative estimate of drug-likeness (QED) is 0.852. The molecule has 0 aromatic heterocycles. The molecule has 0 aliphatic heterocycles. The van der Waals surface area contributed by atoms with Crippen LogP contribution in [0.5, 0.6) is 0 Å². The molecule has 0 saturated heterocycles. The number of benzene rings is 2. The van der Waals surface area contributed by atoms with Crippen molar-refractivity contribution < 1.29 is 12.8 Å². The van der Waals surface area contributed by atoms with E-state index in [1.54, 1.807) is 6.07 Å². The summed E-state index contributed by atoms with van der Waals surface area (Å²) in [6, 6.07) is 13.5. The van der Waals surface area contributed by atoms with Gasteiger partial charge in [-0.25, -0.2) is 12.8 Å². The van der Waals surface area contributed by atoms with E-state index in [1.807, 2.05) is 30.3 Å². The fourth-order valence-corrected chi connectivity index (χ4v) is 2.66. The molecular weight excluding hydrogens is 251 g/mol. The predicted molar refractivity (Wildman–Crippen MR) is 69.6 cm³/mol. The average molecular weight is 264 g/mol. The Morgan fingerprint density at radius 2 is 1.67 bits per heavy atom. The van der Waals surface area contributed by atoms with Crippen molar-refractivity contribution in [3.8, 4) is 11.1 Å². The molecule has 0 spiro atoms. The normalized spacial score (nSPS) is 11.4. The molecule has 0 saturated carbocycles. The largest absolute Gasteiger partial charge is 0.224 e. The van der Waals surface area contributed by atoms with Gasteiger partial charge in [0.1, 0.15) is 10.7 Å². The zero-order valence-electron chi connectivity index (χ0n) is 9.93. The summed E-state index contributed by atoms with van der Waals surface area (Å²) in [6.07, 6.45) is 0. The van der Waals surface area contributed by atoms with Crippen LogP contribution in [0.4, 0.5) is 4.39 Å².